The minimum atomic E-state index is -2.59. The number of rotatable bonds is 3. The van der Waals surface area contributed by atoms with Gasteiger partial charge in [-0.1, -0.05) is 0 Å². The van der Waals surface area contributed by atoms with E-state index in [2.05, 4.69) is 19.6 Å². The fraction of sp³-hybridized carbons (Fsp3) is 1.00. The van der Waals surface area contributed by atoms with Crippen molar-refractivity contribution in [3.63, 3.8) is 0 Å². The first-order valence-electron chi connectivity index (χ1n) is 3.49. The van der Waals surface area contributed by atoms with E-state index in [1.165, 1.54) is 0 Å². The average Bonchev–Trinajstić information content (AvgIpc) is 1.84. The van der Waals surface area contributed by atoms with E-state index in [1.807, 2.05) is 5.71 Å². The number of alkyl halides is 2. The third-order valence-electron chi connectivity index (χ3n) is 2.40. The molecule has 0 aromatic rings. The third-order valence-corrected chi connectivity index (χ3v) is 32.7. The topological polar surface area (TPSA) is 0 Å². The molecule has 0 bridgehead atoms. The predicted molar refractivity (Wildman–Crippen MR) is 48.3 cm³/mol. The van der Waals surface area contributed by atoms with Crippen LogP contribution < -0.4 is 0 Å². The molecule has 0 amide bonds. The number of hydrogen-bond acceptors (Lipinski definition) is 0. The molecule has 0 saturated carbocycles. The standard InChI is InChI=1S/C6H17AsF2Si/c1-7(5-8,6-9)10(2,3)4/h7H,5-6H2,1-4H3. The van der Waals surface area contributed by atoms with Crippen molar-refractivity contribution < 1.29 is 8.78 Å². The molecule has 0 spiro atoms. The van der Waals surface area contributed by atoms with E-state index >= 15 is 0 Å². The first-order chi connectivity index (χ1) is 4.37. The van der Waals surface area contributed by atoms with Gasteiger partial charge in [0.1, 0.15) is 0 Å². The Hall–Kier alpha value is 0.635. The Balaban J connectivity index is 4.33. The Morgan fingerprint density at radius 2 is 1.40 bits per heavy atom. The molecule has 4 heteroatoms. The van der Waals surface area contributed by atoms with Crippen LogP contribution in [0.25, 0.3) is 0 Å². The molecular formula is C6H17AsF2Si. The molecule has 0 unspecified atom stereocenters. The molecule has 0 rings (SSSR count). The molecule has 0 N–H and O–H groups in total. The van der Waals surface area contributed by atoms with Crippen LogP contribution in [0.3, 0.4) is 0 Å². The predicted octanol–water partition coefficient (Wildman–Crippen LogP) is 2.23. The monoisotopic (exact) mass is 230 g/mol. The zero-order valence-corrected chi connectivity index (χ0v) is 10.3. The summed E-state index contributed by atoms with van der Waals surface area (Å²) in [5, 5.41) is 0. The SMILES string of the molecule is C[Si](C)(C)[AsH](C)(CF)CF. The van der Waals surface area contributed by atoms with Crippen molar-refractivity contribution in [2.24, 2.45) is 0 Å². The molecular weight excluding hydrogens is 213 g/mol. The summed E-state index contributed by atoms with van der Waals surface area (Å²) in [5.74, 6) is 0. The van der Waals surface area contributed by atoms with Gasteiger partial charge in [0.25, 0.3) is 0 Å². The van der Waals surface area contributed by atoms with Crippen LogP contribution in [0.4, 0.5) is 8.78 Å². The molecule has 0 aromatic heterocycles. The number of halogens is 2. The summed E-state index contributed by atoms with van der Waals surface area (Å²) in [6.45, 7) is 4.75. The Labute approximate surface area is 64.9 Å². The van der Waals surface area contributed by atoms with Crippen LogP contribution >= 0.6 is 0 Å². The van der Waals surface area contributed by atoms with E-state index in [4.69, 9.17) is 0 Å². The van der Waals surface area contributed by atoms with Gasteiger partial charge >= 0.3 is 64.5 Å². The van der Waals surface area contributed by atoms with E-state index in [-0.39, 0.29) is 10.9 Å². The molecule has 0 fully saturated rings. The van der Waals surface area contributed by atoms with E-state index in [1.54, 1.807) is 0 Å². The second-order valence-corrected chi connectivity index (χ2v) is 32.0. The van der Waals surface area contributed by atoms with Gasteiger partial charge in [0, 0.05) is 0 Å². The third kappa shape index (κ3) is 2.06. The maximum absolute atomic E-state index is 12.4. The molecule has 0 saturated heterocycles. The Kier molecular flexibility index (Phi) is 3.57. The maximum atomic E-state index is 12.4. The van der Waals surface area contributed by atoms with Crippen LogP contribution in [0.15, 0.2) is 0 Å². The second-order valence-electron chi connectivity index (χ2n) is 4.08. The van der Waals surface area contributed by atoms with Crippen molar-refractivity contribution in [3.8, 4) is 0 Å². The van der Waals surface area contributed by atoms with Crippen LogP contribution in [0.5, 0.6) is 0 Å². The summed E-state index contributed by atoms with van der Waals surface area (Å²) in [5.41, 5.74) is 1.20. The summed E-state index contributed by atoms with van der Waals surface area (Å²) in [6, 6.07) is 0. The Morgan fingerprint density at radius 3 is 1.40 bits per heavy atom. The van der Waals surface area contributed by atoms with Crippen molar-refractivity contribution in [1.29, 1.82) is 0 Å². The van der Waals surface area contributed by atoms with Gasteiger partial charge in [-0.3, -0.25) is 0 Å². The summed E-state index contributed by atoms with van der Waals surface area (Å²) in [6.07, 6.45) is 0. The van der Waals surface area contributed by atoms with Crippen LogP contribution in [0, 0.1) is 0 Å². The van der Waals surface area contributed by atoms with Gasteiger partial charge < -0.3 is 0 Å². The van der Waals surface area contributed by atoms with Gasteiger partial charge in [0.15, 0.2) is 0 Å². The second kappa shape index (κ2) is 3.35. The van der Waals surface area contributed by atoms with Crippen molar-refractivity contribution >= 4 is 19.4 Å². The summed E-state index contributed by atoms with van der Waals surface area (Å²) >= 11 is -2.59. The fourth-order valence-corrected chi connectivity index (χ4v) is 6.43. The molecule has 0 aliphatic heterocycles. The van der Waals surface area contributed by atoms with E-state index in [9.17, 15) is 8.78 Å². The first kappa shape index (κ1) is 10.6. The van der Waals surface area contributed by atoms with Crippen molar-refractivity contribution in [1.82, 2.24) is 0 Å². The van der Waals surface area contributed by atoms with Crippen molar-refractivity contribution in [3.05, 3.63) is 0 Å². The molecule has 0 aliphatic carbocycles. The minimum absolute atomic E-state index is 0.341. The van der Waals surface area contributed by atoms with Crippen LogP contribution in [-0.4, -0.2) is 30.4 Å². The quantitative estimate of drug-likeness (QED) is 0.652. The molecule has 0 nitrogen and oxygen atoms in total. The molecule has 0 heterocycles. The zero-order valence-electron chi connectivity index (χ0n) is 7.17. The van der Waals surface area contributed by atoms with Crippen LogP contribution in [0.1, 0.15) is 0 Å². The normalized spacial score (nSPS) is 15.4. The van der Waals surface area contributed by atoms with Gasteiger partial charge in [-0.2, -0.15) is 0 Å². The van der Waals surface area contributed by atoms with Gasteiger partial charge in [0.05, 0.1) is 0 Å². The van der Waals surface area contributed by atoms with E-state index in [0.717, 1.165) is 0 Å². The summed E-state index contributed by atoms with van der Waals surface area (Å²) in [4.78, 5) is 0. The molecule has 10 heavy (non-hydrogen) atoms. The van der Waals surface area contributed by atoms with Gasteiger partial charge in [0.2, 0.25) is 0 Å². The van der Waals surface area contributed by atoms with Crippen LogP contribution in [-0.2, 0) is 0 Å². The first-order valence-corrected chi connectivity index (χ1v) is 15.2. The van der Waals surface area contributed by atoms with Crippen LogP contribution in [0.2, 0.25) is 25.4 Å². The van der Waals surface area contributed by atoms with Crippen molar-refractivity contribution in [2.75, 3.05) is 10.9 Å². The van der Waals surface area contributed by atoms with Crippen molar-refractivity contribution in [2.45, 2.75) is 25.4 Å². The van der Waals surface area contributed by atoms with E-state index in [0.29, 0.717) is 0 Å². The Bertz CT molecular complexity index is 107. The zero-order chi connectivity index (χ0) is 8.41. The Morgan fingerprint density at radius 1 is 1.10 bits per heavy atom. The fourth-order valence-electron chi connectivity index (χ4n) is 0.437. The average molecular weight is 230 g/mol. The molecule has 64 valence electrons. The van der Waals surface area contributed by atoms with Gasteiger partial charge in [-0.05, 0) is 0 Å². The van der Waals surface area contributed by atoms with Gasteiger partial charge in [-0.25, -0.2) is 0 Å². The van der Waals surface area contributed by atoms with Gasteiger partial charge in [-0.15, -0.1) is 0 Å². The molecule has 0 aromatic carbocycles. The molecule has 0 radical (unpaired) electrons. The van der Waals surface area contributed by atoms with E-state index < -0.39 is 19.4 Å². The summed E-state index contributed by atoms with van der Waals surface area (Å²) in [7, 11) is 0. The number of hydrogen-bond donors (Lipinski definition) is 0. The summed E-state index contributed by atoms with van der Waals surface area (Å²) < 4.78 is 24.8. The molecule has 0 atom stereocenters. The molecule has 0 aliphatic rings.